The van der Waals surface area contributed by atoms with Gasteiger partial charge in [-0.25, -0.2) is 14.4 Å². The smallest absolute Gasteiger partial charge is 0.158 e. The first-order valence-corrected chi connectivity index (χ1v) is 12.6. The number of halogens is 2. The summed E-state index contributed by atoms with van der Waals surface area (Å²) in [6, 6.07) is 12.4. The molecule has 0 aliphatic rings. The molecular formula is C25H31ClFN5S. The van der Waals surface area contributed by atoms with Crippen LogP contribution in [0.3, 0.4) is 0 Å². The molecule has 0 atom stereocenters. The molecule has 0 bridgehead atoms. The van der Waals surface area contributed by atoms with Crippen molar-refractivity contribution < 1.29 is 4.39 Å². The van der Waals surface area contributed by atoms with E-state index >= 15 is 0 Å². The van der Waals surface area contributed by atoms with Gasteiger partial charge in [-0.05, 0) is 80.4 Å². The molecule has 1 heterocycles. The molecule has 5 nitrogen and oxygen atoms in total. The van der Waals surface area contributed by atoms with Crippen molar-refractivity contribution in [2.45, 2.75) is 43.6 Å². The number of thioether (sulfide) groups is 1. The summed E-state index contributed by atoms with van der Waals surface area (Å²) in [4.78, 5) is 8.65. The van der Waals surface area contributed by atoms with Crippen molar-refractivity contribution in [2.75, 3.05) is 30.4 Å². The largest absolute Gasteiger partial charge is 0.394 e. The van der Waals surface area contributed by atoms with Crippen LogP contribution in [-0.2, 0) is 12.8 Å². The van der Waals surface area contributed by atoms with E-state index in [0.29, 0.717) is 16.5 Å². The first kappa shape index (κ1) is 25.3. The normalized spacial score (nSPS) is 11.0. The molecule has 2 aromatic carbocycles. The van der Waals surface area contributed by atoms with Gasteiger partial charge < -0.3 is 16.4 Å². The van der Waals surface area contributed by atoms with E-state index in [1.54, 1.807) is 23.9 Å². The van der Waals surface area contributed by atoms with Crippen LogP contribution in [0.1, 0.15) is 36.8 Å². The van der Waals surface area contributed by atoms with Gasteiger partial charge in [0, 0.05) is 10.7 Å². The lowest BCUT2D eigenvalue weighted by Gasteiger charge is -2.12. The highest BCUT2D eigenvalue weighted by Crippen LogP contribution is 2.31. The van der Waals surface area contributed by atoms with E-state index in [-0.39, 0.29) is 5.82 Å². The second kappa shape index (κ2) is 13.4. The van der Waals surface area contributed by atoms with Gasteiger partial charge in [-0.15, -0.1) is 11.8 Å². The van der Waals surface area contributed by atoms with Crippen molar-refractivity contribution in [1.82, 2.24) is 15.3 Å². The maximum Gasteiger partial charge on any atom is 0.158 e. The minimum absolute atomic E-state index is 0.220. The Kier molecular flexibility index (Phi) is 10.2. The monoisotopic (exact) mass is 487 g/mol. The molecule has 0 saturated heterocycles. The van der Waals surface area contributed by atoms with Crippen molar-refractivity contribution >= 4 is 40.6 Å². The van der Waals surface area contributed by atoms with Crippen LogP contribution in [0.15, 0.2) is 53.8 Å². The summed E-state index contributed by atoms with van der Waals surface area (Å²) in [6.07, 6.45) is 7.75. The summed E-state index contributed by atoms with van der Waals surface area (Å²) in [7, 11) is 1.98. The first-order chi connectivity index (χ1) is 16.1. The zero-order valence-corrected chi connectivity index (χ0v) is 20.5. The Bertz CT molecular complexity index is 1030. The fourth-order valence-corrected chi connectivity index (χ4v) is 4.65. The van der Waals surface area contributed by atoms with Gasteiger partial charge in [0.1, 0.15) is 22.9 Å². The SMILES string of the molecule is CNCCCCCCSc1ncnc(Nc2ccc(CCc3cccc(F)c3)c(Cl)c2)c1N. The predicted octanol–water partition coefficient (Wildman–Crippen LogP) is 6.25. The fraction of sp³-hybridized carbons (Fsp3) is 0.360. The fourth-order valence-electron chi connectivity index (χ4n) is 3.46. The molecule has 0 amide bonds. The van der Waals surface area contributed by atoms with Crippen molar-refractivity contribution in [3.63, 3.8) is 0 Å². The van der Waals surface area contributed by atoms with E-state index in [4.69, 9.17) is 17.3 Å². The lowest BCUT2D eigenvalue weighted by Crippen LogP contribution is -2.06. The van der Waals surface area contributed by atoms with E-state index in [2.05, 4.69) is 20.6 Å². The summed E-state index contributed by atoms with van der Waals surface area (Å²) < 4.78 is 13.4. The summed E-state index contributed by atoms with van der Waals surface area (Å²) in [5.41, 5.74) is 9.63. The number of nitrogens with one attached hydrogen (secondary N) is 2. The van der Waals surface area contributed by atoms with E-state index in [1.165, 1.54) is 31.7 Å². The third-order valence-electron chi connectivity index (χ3n) is 5.30. The summed E-state index contributed by atoms with van der Waals surface area (Å²) in [5, 5.41) is 7.87. The Morgan fingerprint density at radius 2 is 1.88 bits per heavy atom. The van der Waals surface area contributed by atoms with E-state index in [0.717, 1.165) is 53.4 Å². The van der Waals surface area contributed by atoms with Crippen molar-refractivity contribution in [2.24, 2.45) is 0 Å². The molecule has 33 heavy (non-hydrogen) atoms. The Morgan fingerprint density at radius 1 is 1.03 bits per heavy atom. The van der Waals surface area contributed by atoms with E-state index in [9.17, 15) is 4.39 Å². The number of aryl methyl sites for hydroxylation is 2. The molecule has 0 unspecified atom stereocenters. The number of unbranched alkanes of at least 4 members (excludes halogenated alkanes) is 3. The van der Waals surface area contributed by atoms with E-state index in [1.807, 2.05) is 31.3 Å². The zero-order valence-electron chi connectivity index (χ0n) is 18.9. The lowest BCUT2D eigenvalue weighted by atomic mass is 10.0. The zero-order chi connectivity index (χ0) is 23.5. The van der Waals surface area contributed by atoms with Gasteiger partial charge in [0.25, 0.3) is 0 Å². The number of hydrogen-bond acceptors (Lipinski definition) is 6. The van der Waals surface area contributed by atoms with Gasteiger partial charge in [0.2, 0.25) is 0 Å². The number of aromatic nitrogens is 2. The summed E-state index contributed by atoms with van der Waals surface area (Å²) >= 11 is 8.17. The number of anilines is 3. The average Bonchev–Trinajstić information content (AvgIpc) is 2.80. The van der Waals surface area contributed by atoms with Crippen LogP contribution in [-0.4, -0.2) is 29.3 Å². The van der Waals surface area contributed by atoms with Crippen molar-refractivity contribution in [1.29, 1.82) is 0 Å². The van der Waals surface area contributed by atoms with Gasteiger partial charge >= 0.3 is 0 Å². The van der Waals surface area contributed by atoms with Crippen LogP contribution < -0.4 is 16.4 Å². The molecule has 0 spiro atoms. The lowest BCUT2D eigenvalue weighted by molar-refractivity contribution is 0.625. The molecular weight excluding hydrogens is 457 g/mol. The maximum absolute atomic E-state index is 13.4. The third kappa shape index (κ3) is 8.18. The molecule has 3 aromatic rings. The van der Waals surface area contributed by atoms with Crippen LogP contribution in [0, 0.1) is 5.82 Å². The highest BCUT2D eigenvalue weighted by Gasteiger charge is 2.10. The summed E-state index contributed by atoms with van der Waals surface area (Å²) in [5.74, 6) is 1.33. The van der Waals surface area contributed by atoms with Gasteiger partial charge in [-0.1, -0.05) is 42.6 Å². The Balaban J connectivity index is 1.54. The van der Waals surface area contributed by atoms with Gasteiger partial charge in [0.05, 0.1) is 0 Å². The number of nitrogens with two attached hydrogens (primary N) is 1. The molecule has 0 saturated carbocycles. The molecule has 0 aliphatic carbocycles. The Morgan fingerprint density at radius 3 is 2.67 bits per heavy atom. The number of rotatable bonds is 13. The molecule has 1 aromatic heterocycles. The average molecular weight is 488 g/mol. The van der Waals surface area contributed by atoms with Crippen LogP contribution in [0.4, 0.5) is 21.6 Å². The maximum atomic E-state index is 13.4. The minimum atomic E-state index is -0.220. The Hall–Kier alpha value is -2.35. The van der Waals surface area contributed by atoms with Crippen LogP contribution in [0.5, 0.6) is 0 Å². The number of benzene rings is 2. The highest BCUT2D eigenvalue weighted by molar-refractivity contribution is 7.99. The topological polar surface area (TPSA) is 75.9 Å². The minimum Gasteiger partial charge on any atom is -0.394 e. The molecule has 176 valence electrons. The molecule has 0 fully saturated rings. The molecule has 3 rings (SSSR count). The first-order valence-electron chi connectivity index (χ1n) is 11.2. The van der Waals surface area contributed by atoms with Gasteiger partial charge in [-0.2, -0.15) is 0 Å². The van der Waals surface area contributed by atoms with E-state index < -0.39 is 0 Å². The number of hydrogen-bond donors (Lipinski definition) is 3. The standard InChI is InChI=1S/C25H31ClFN5S/c1-29-13-4-2-3-5-14-33-25-23(28)24(30-17-31-25)32-21-12-11-19(22(26)16-21)10-9-18-7-6-8-20(27)15-18/h6-8,11-12,15-17,29H,2-5,9-10,13-14,28H2,1H3,(H,30,31,32). The van der Waals surface area contributed by atoms with Crippen molar-refractivity contribution in [3.8, 4) is 0 Å². The van der Waals surface area contributed by atoms with Crippen LogP contribution in [0.25, 0.3) is 0 Å². The van der Waals surface area contributed by atoms with Crippen molar-refractivity contribution in [3.05, 3.63) is 70.8 Å². The molecule has 0 aliphatic heterocycles. The quantitative estimate of drug-likeness (QED) is 0.150. The highest BCUT2D eigenvalue weighted by atomic mass is 35.5. The van der Waals surface area contributed by atoms with Gasteiger partial charge in [-0.3, -0.25) is 0 Å². The number of nitrogens with zero attached hydrogens (tertiary/aromatic N) is 2. The predicted molar refractivity (Wildman–Crippen MR) is 138 cm³/mol. The van der Waals surface area contributed by atoms with Gasteiger partial charge in [0.15, 0.2) is 5.82 Å². The third-order valence-corrected chi connectivity index (χ3v) is 6.74. The molecule has 8 heteroatoms. The molecule has 4 N–H and O–H groups in total. The molecule has 0 radical (unpaired) electrons. The summed E-state index contributed by atoms with van der Waals surface area (Å²) in [6.45, 7) is 1.07. The Labute approximate surface area is 204 Å². The second-order valence-corrected chi connectivity index (χ2v) is 9.36. The van der Waals surface area contributed by atoms with Crippen LogP contribution >= 0.6 is 23.4 Å². The second-order valence-electron chi connectivity index (χ2n) is 7.87. The van der Waals surface area contributed by atoms with Crippen LogP contribution in [0.2, 0.25) is 5.02 Å². The number of nitrogen functional groups attached to an aromatic ring is 1.